The SMILES string of the molecule is CCC[C@@H](c1nnnn1C[C@@H]1CCCO1)[NH+]1CCN(c2cc(C)ccc2C)CC1. The minimum absolute atomic E-state index is 0.260. The summed E-state index contributed by atoms with van der Waals surface area (Å²) in [6.45, 7) is 12.7. The highest BCUT2D eigenvalue weighted by molar-refractivity contribution is 5.55. The van der Waals surface area contributed by atoms with Crippen molar-refractivity contribution in [2.45, 2.75) is 65.1 Å². The Balaban J connectivity index is 1.45. The third kappa shape index (κ3) is 4.61. The Hall–Kier alpha value is -1.99. The maximum atomic E-state index is 5.82. The van der Waals surface area contributed by atoms with Gasteiger partial charge in [0, 0.05) is 18.7 Å². The monoisotopic (exact) mass is 399 g/mol. The van der Waals surface area contributed by atoms with Gasteiger partial charge in [-0.3, -0.25) is 0 Å². The van der Waals surface area contributed by atoms with Crippen LogP contribution in [0.1, 0.15) is 55.6 Å². The van der Waals surface area contributed by atoms with Gasteiger partial charge >= 0.3 is 0 Å². The lowest BCUT2D eigenvalue weighted by molar-refractivity contribution is -0.933. The minimum Gasteiger partial charge on any atom is -0.376 e. The molecule has 0 bridgehead atoms. The van der Waals surface area contributed by atoms with Gasteiger partial charge in [0.25, 0.3) is 0 Å². The Morgan fingerprint density at radius 2 is 2.07 bits per heavy atom. The van der Waals surface area contributed by atoms with E-state index >= 15 is 0 Å². The van der Waals surface area contributed by atoms with E-state index < -0.39 is 0 Å². The van der Waals surface area contributed by atoms with Crippen LogP contribution in [-0.4, -0.2) is 59.1 Å². The van der Waals surface area contributed by atoms with Crippen LogP contribution in [0.4, 0.5) is 5.69 Å². The van der Waals surface area contributed by atoms with E-state index in [1.807, 2.05) is 4.68 Å². The summed E-state index contributed by atoms with van der Waals surface area (Å²) in [6.07, 6.45) is 4.77. The van der Waals surface area contributed by atoms with E-state index in [1.165, 1.54) is 16.8 Å². The number of benzene rings is 1. The van der Waals surface area contributed by atoms with Gasteiger partial charge in [-0.1, -0.05) is 25.5 Å². The fourth-order valence-corrected chi connectivity index (χ4v) is 4.82. The maximum Gasteiger partial charge on any atom is 0.209 e. The van der Waals surface area contributed by atoms with Crippen LogP contribution >= 0.6 is 0 Å². The summed E-state index contributed by atoms with van der Waals surface area (Å²) in [7, 11) is 0. The van der Waals surface area contributed by atoms with Crippen molar-refractivity contribution in [1.82, 2.24) is 20.2 Å². The quantitative estimate of drug-likeness (QED) is 0.768. The molecule has 1 N–H and O–H groups in total. The maximum absolute atomic E-state index is 5.82. The highest BCUT2D eigenvalue weighted by atomic mass is 16.5. The second-order valence-corrected chi connectivity index (χ2v) is 8.63. The third-order valence-electron chi connectivity index (χ3n) is 6.45. The molecule has 3 heterocycles. The van der Waals surface area contributed by atoms with E-state index in [2.05, 4.69) is 59.4 Å². The number of rotatable bonds is 7. The van der Waals surface area contributed by atoms with Crippen LogP contribution in [0, 0.1) is 13.8 Å². The summed E-state index contributed by atoms with van der Waals surface area (Å²) < 4.78 is 7.83. The standard InChI is InChI=1S/C22H34N6O/c1-4-6-20(22-23-24-25-28(22)16-19-7-5-14-29-19)26-10-12-27(13-11-26)21-15-17(2)8-9-18(21)3/h8-9,15,19-20H,4-7,10-14,16H2,1-3H3/p+1/t19-,20-/m0/s1. The normalized spacial score (nSPS) is 21.6. The van der Waals surface area contributed by atoms with Gasteiger partial charge in [0.1, 0.15) is 6.04 Å². The van der Waals surface area contributed by atoms with Gasteiger partial charge in [-0.2, -0.15) is 0 Å². The molecule has 0 saturated carbocycles. The predicted octanol–water partition coefficient (Wildman–Crippen LogP) is 1.72. The molecular weight excluding hydrogens is 364 g/mol. The van der Waals surface area contributed by atoms with E-state index in [1.54, 1.807) is 4.90 Å². The molecule has 2 aliphatic rings. The molecule has 2 aliphatic heterocycles. The van der Waals surface area contributed by atoms with Gasteiger partial charge in [0.05, 0.1) is 38.8 Å². The number of anilines is 1. The van der Waals surface area contributed by atoms with Crippen LogP contribution in [0.15, 0.2) is 18.2 Å². The van der Waals surface area contributed by atoms with Gasteiger partial charge in [0.15, 0.2) is 0 Å². The molecule has 29 heavy (non-hydrogen) atoms. The smallest absolute Gasteiger partial charge is 0.209 e. The van der Waals surface area contributed by atoms with Crippen molar-refractivity contribution in [3.05, 3.63) is 35.2 Å². The zero-order chi connectivity index (χ0) is 20.2. The summed E-state index contributed by atoms with van der Waals surface area (Å²) in [5.41, 5.74) is 4.08. The lowest BCUT2D eigenvalue weighted by Gasteiger charge is -2.37. The molecule has 1 aromatic carbocycles. The first-order valence-electron chi connectivity index (χ1n) is 11.2. The van der Waals surface area contributed by atoms with Crippen LogP contribution in [0.5, 0.6) is 0 Å². The molecule has 7 heteroatoms. The van der Waals surface area contributed by atoms with Gasteiger partial charge in [-0.15, -0.1) is 5.10 Å². The van der Waals surface area contributed by atoms with E-state index in [-0.39, 0.29) is 6.10 Å². The lowest BCUT2D eigenvalue weighted by Crippen LogP contribution is -3.15. The van der Waals surface area contributed by atoms with Crippen molar-refractivity contribution in [2.24, 2.45) is 0 Å². The van der Waals surface area contributed by atoms with Crippen molar-refractivity contribution < 1.29 is 9.64 Å². The fourth-order valence-electron chi connectivity index (χ4n) is 4.82. The van der Waals surface area contributed by atoms with Gasteiger partial charge in [-0.25, -0.2) is 4.68 Å². The molecule has 0 aliphatic carbocycles. The Bertz CT molecular complexity index is 792. The molecule has 0 radical (unpaired) electrons. The predicted molar refractivity (Wildman–Crippen MR) is 113 cm³/mol. The molecule has 0 spiro atoms. The fraction of sp³-hybridized carbons (Fsp3) is 0.682. The topological polar surface area (TPSA) is 60.5 Å². The number of nitrogens with one attached hydrogen (secondary N) is 1. The summed E-state index contributed by atoms with van der Waals surface area (Å²) in [5, 5.41) is 12.8. The summed E-state index contributed by atoms with van der Waals surface area (Å²) in [4.78, 5) is 4.15. The minimum atomic E-state index is 0.260. The molecule has 2 fully saturated rings. The number of piperazine rings is 1. The van der Waals surface area contributed by atoms with Gasteiger partial charge in [-0.05, 0) is 54.3 Å². The number of aryl methyl sites for hydroxylation is 2. The average molecular weight is 400 g/mol. The third-order valence-corrected chi connectivity index (χ3v) is 6.45. The second-order valence-electron chi connectivity index (χ2n) is 8.63. The van der Waals surface area contributed by atoms with Crippen LogP contribution < -0.4 is 9.80 Å². The van der Waals surface area contributed by atoms with Crippen molar-refractivity contribution in [2.75, 3.05) is 37.7 Å². The van der Waals surface area contributed by atoms with Crippen molar-refractivity contribution in [3.63, 3.8) is 0 Å². The number of tetrazole rings is 1. The highest BCUT2D eigenvalue weighted by Gasteiger charge is 2.33. The number of nitrogens with zero attached hydrogens (tertiary/aromatic N) is 5. The molecule has 4 rings (SSSR count). The van der Waals surface area contributed by atoms with Gasteiger partial charge in [0.2, 0.25) is 5.82 Å². The molecule has 0 amide bonds. The summed E-state index contributed by atoms with van der Waals surface area (Å²) in [5.74, 6) is 1.04. The Morgan fingerprint density at radius 3 is 2.79 bits per heavy atom. The largest absolute Gasteiger partial charge is 0.376 e. The van der Waals surface area contributed by atoms with E-state index in [0.29, 0.717) is 6.04 Å². The van der Waals surface area contributed by atoms with Crippen molar-refractivity contribution in [3.8, 4) is 0 Å². The first kappa shape index (κ1) is 20.3. The Morgan fingerprint density at radius 1 is 1.24 bits per heavy atom. The summed E-state index contributed by atoms with van der Waals surface area (Å²) in [6, 6.07) is 7.12. The number of aromatic nitrogens is 4. The Labute approximate surface area is 174 Å². The van der Waals surface area contributed by atoms with Crippen molar-refractivity contribution in [1.29, 1.82) is 0 Å². The number of quaternary nitrogens is 1. The first-order chi connectivity index (χ1) is 14.2. The van der Waals surface area contributed by atoms with Crippen LogP contribution in [0.3, 0.4) is 0 Å². The molecule has 7 nitrogen and oxygen atoms in total. The molecular formula is C22H35N6O+. The molecule has 2 aromatic rings. The molecule has 1 aromatic heterocycles. The van der Waals surface area contributed by atoms with Crippen molar-refractivity contribution >= 4 is 5.69 Å². The van der Waals surface area contributed by atoms with E-state index in [0.717, 1.165) is 70.8 Å². The molecule has 2 saturated heterocycles. The highest BCUT2D eigenvalue weighted by Crippen LogP contribution is 2.22. The van der Waals surface area contributed by atoms with Gasteiger partial charge < -0.3 is 14.5 Å². The average Bonchev–Trinajstić information content (AvgIpc) is 3.41. The Kier molecular flexibility index (Phi) is 6.45. The van der Waals surface area contributed by atoms with E-state index in [4.69, 9.17) is 4.74 Å². The lowest BCUT2D eigenvalue weighted by atomic mass is 10.1. The first-order valence-corrected chi connectivity index (χ1v) is 11.2. The zero-order valence-corrected chi connectivity index (χ0v) is 18.1. The number of ether oxygens (including phenoxy) is 1. The zero-order valence-electron chi connectivity index (χ0n) is 18.1. The van der Waals surface area contributed by atoms with Crippen LogP contribution in [0.2, 0.25) is 0 Å². The number of hydrogen-bond acceptors (Lipinski definition) is 5. The van der Waals surface area contributed by atoms with Crippen LogP contribution in [0.25, 0.3) is 0 Å². The second kappa shape index (κ2) is 9.22. The van der Waals surface area contributed by atoms with E-state index in [9.17, 15) is 0 Å². The van der Waals surface area contributed by atoms with Crippen LogP contribution in [-0.2, 0) is 11.3 Å². The summed E-state index contributed by atoms with van der Waals surface area (Å²) >= 11 is 0. The molecule has 158 valence electrons. The number of hydrogen-bond donors (Lipinski definition) is 1. The molecule has 0 unspecified atom stereocenters. The molecule has 2 atom stereocenters.